The van der Waals surface area contributed by atoms with Gasteiger partial charge < -0.3 is 10.6 Å². The molecule has 0 aliphatic rings. The molecule has 3 heterocycles. The highest BCUT2D eigenvalue weighted by atomic mass is 19.3. The largest absolute Gasteiger partial charge is 0.339 e. The predicted molar refractivity (Wildman–Crippen MR) is 104 cm³/mol. The van der Waals surface area contributed by atoms with Gasteiger partial charge in [-0.15, -0.1) is 0 Å². The Hall–Kier alpha value is -4.07. The Morgan fingerprint density at radius 3 is 2.70 bits per heavy atom. The molecular formula is C19H16F2N8O. The van der Waals surface area contributed by atoms with Crippen molar-refractivity contribution in [2.45, 2.75) is 26.2 Å². The van der Waals surface area contributed by atoms with Crippen LogP contribution in [0.4, 0.5) is 26.1 Å². The lowest BCUT2D eigenvalue weighted by atomic mass is 10.1. The van der Waals surface area contributed by atoms with Crippen LogP contribution in [0.3, 0.4) is 0 Å². The Morgan fingerprint density at radius 1 is 1.20 bits per heavy atom. The topological polar surface area (TPSA) is 129 Å². The number of rotatable bonds is 6. The van der Waals surface area contributed by atoms with Crippen molar-refractivity contribution in [2.24, 2.45) is 0 Å². The fourth-order valence-electron chi connectivity index (χ4n) is 2.49. The van der Waals surface area contributed by atoms with Crippen molar-refractivity contribution in [1.82, 2.24) is 24.9 Å². The summed E-state index contributed by atoms with van der Waals surface area (Å²) >= 11 is 0. The van der Waals surface area contributed by atoms with Crippen molar-refractivity contribution in [3.63, 3.8) is 0 Å². The van der Waals surface area contributed by atoms with Gasteiger partial charge in [0.15, 0.2) is 0 Å². The highest BCUT2D eigenvalue weighted by molar-refractivity contribution is 5.89. The molecule has 2 N–H and O–H groups in total. The van der Waals surface area contributed by atoms with Gasteiger partial charge in [-0.2, -0.15) is 14.0 Å². The molecule has 0 radical (unpaired) electrons. The first kappa shape index (κ1) is 20.7. The molecule has 152 valence electrons. The monoisotopic (exact) mass is 410 g/mol. The molecule has 0 fully saturated rings. The van der Waals surface area contributed by atoms with Gasteiger partial charge in [0.1, 0.15) is 11.6 Å². The van der Waals surface area contributed by atoms with E-state index in [0.717, 1.165) is 0 Å². The minimum atomic E-state index is -3.21. The maximum absolute atomic E-state index is 13.6. The molecule has 30 heavy (non-hydrogen) atoms. The first-order chi connectivity index (χ1) is 14.3. The van der Waals surface area contributed by atoms with Gasteiger partial charge in [0.2, 0.25) is 11.7 Å². The van der Waals surface area contributed by atoms with Crippen LogP contribution in [0.5, 0.6) is 0 Å². The Kier molecular flexibility index (Phi) is 5.87. The maximum atomic E-state index is 13.6. The van der Waals surface area contributed by atoms with Gasteiger partial charge in [0.25, 0.3) is 0 Å². The second-order valence-electron chi connectivity index (χ2n) is 6.31. The van der Waals surface area contributed by atoms with Crippen LogP contribution in [-0.4, -0.2) is 30.8 Å². The van der Waals surface area contributed by atoms with Crippen molar-refractivity contribution < 1.29 is 13.6 Å². The third-order valence-corrected chi connectivity index (χ3v) is 3.74. The van der Waals surface area contributed by atoms with Gasteiger partial charge in [-0.1, -0.05) is 0 Å². The maximum Gasteiger partial charge on any atom is 0.303 e. The van der Waals surface area contributed by atoms with E-state index in [1.807, 2.05) is 6.07 Å². The molecular weight excluding hydrogens is 394 g/mol. The number of nitrogens with one attached hydrogen (secondary N) is 2. The van der Waals surface area contributed by atoms with E-state index in [0.29, 0.717) is 29.6 Å². The Labute approximate surface area is 170 Å². The molecule has 11 heteroatoms. The third-order valence-electron chi connectivity index (χ3n) is 3.74. The van der Waals surface area contributed by atoms with Crippen molar-refractivity contribution in [1.29, 1.82) is 5.26 Å². The number of hydrogen-bond acceptors (Lipinski definition) is 8. The number of nitrogens with zero attached hydrogens (tertiary/aromatic N) is 6. The van der Waals surface area contributed by atoms with Crippen molar-refractivity contribution in [3.05, 3.63) is 48.4 Å². The molecule has 1 amide bonds. The van der Waals surface area contributed by atoms with Crippen LogP contribution in [0.2, 0.25) is 0 Å². The van der Waals surface area contributed by atoms with Crippen molar-refractivity contribution >= 4 is 23.2 Å². The average molecular weight is 410 g/mol. The van der Waals surface area contributed by atoms with Crippen LogP contribution < -0.4 is 10.6 Å². The molecule has 9 nitrogen and oxygen atoms in total. The second kappa shape index (κ2) is 8.52. The van der Waals surface area contributed by atoms with Gasteiger partial charge >= 0.3 is 5.92 Å². The summed E-state index contributed by atoms with van der Waals surface area (Å²) < 4.78 is 27.2. The smallest absolute Gasteiger partial charge is 0.303 e. The molecule has 3 aromatic rings. The minimum absolute atomic E-state index is 0.0713. The predicted octanol–water partition coefficient (Wildman–Crippen LogP) is 3.21. The van der Waals surface area contributed by atoms with E-state index in [1.54, 1.807) is 0 Å². The number of anilines is 3. The van der Waals surface area contributed by atoms with Crippen LogP contribution in [0, 0.1) is 11.3 Å². The number of hydrogen-bond donors (Lipinski definition) is 2. The van der Waals surface area contributed by atoms with Crippen LogP contribution in [-0.2, 0) is 17.1 Å². The van der Waals surface area contributed by atoms with Crippen molar-refractivity contribution in [3.8, 4) is 17.3 Å². The quantitative estimate of drug-likeness (QED) is 0.634. The van der Waals surface area contributed by atoms with Gasteiger partial charge in [-0.3, -0.25) is 9.78 Å². The SMILES string of the molecule is CC(=O)Nc1cc(Nc2ccnc(C(C)(F)F)n2)c(-c2cncc(CC#N)n2)cn1. The molecule has 0 saturated heterocycles. The molecule has 0 atom stereocenters. The van der Waals surface area contributed by atoms with Crippen molar-refractivity contribution in [2.75, 3.05) is 10.6 Å². The van der Waals surface area contributed by atoms with E-state index >= 15 is 0 Å². The van der Waals surface area contributed by atoms with E-state index in [4.69, 9.17) is 5.26 Å². The van der Waals surface area contributed by atoms with Crippen LogP contribution in [0.1, 0.15) is 25.4 Å². The van der Waals surface area contributed by atoms with Gasteiger partial charge in [-0.25, -0.2) is 19.9 Å². The van der Waals surface area contributed by atoms with Crippen LogP contribution in [0.15, 0.2) is 36.9 Å². The molecule has 0 unspecified atom stereocenters. The molecule has 0 bridgehead atoms. The number of amides is 1. The Morgan fingerprint density at radius 2 is 2.00 bits per heavy atom. The summed E-state index contributed by atoms with van der Waals surface area (Å²) in [7, 11) is 0. The first-order valence-corrected chi connectivity index (χ1v) is 8.70. The van der Waals surface area contributed by atoms with E-state index < -0.39 is 11.7 Å². The number of nitriles is 1. The second-order valence-corrected chi connectivity index (χ2v) is 6.31. The molecule has 3 aromatic heterocycles. The average Bonchev–Trinajstić information content (AvgIpc) is 2.68. The zero-order valence-electron chi connectivity index (χ0n) is 16.0. The first-order valence-electron chi connectivity index (χ1n) is 8.70. The van der Waals surface area contributed by atoms with Gasteiger partial charge in [0.05, 0.1) is 35.8 Å². The Bertz CT molecular complexity index is 1120. The molecule has 0 saturated carbocycles. The van der Waals surface area contributed by atoms with E-state index in [1.165, 1.54) is 43.8 Å². The van der Waals surface area contributed by atoms with E-state index in [9.17, 15) is 13.6 Å². The minimum Gasteiger partial charge on any atom is -0.339 e. The fraction of sp³-hybridized carbons (Fsp3) is 0.211. The molecule has 0 spiro atoms. The number of aromatic nitrogens is 5. The van der Waals surface area contributed by atoms with Gasteiger partial charge in [-0.05, 0) is 6.07 Å². The lowest BCUT2D eigenvalue weighted by Gasteiger charge is -2.14. The highest BCUT2D eigenvalue weighted by Crippen LogP contribution is 2.31. The number of pyridine rings is 1. The summed E-state index contributed by atoms with van der Waals surface area (Å²) in [6, 6.07) is 4.94. The fourth-order valence-corrected chi connectivity index (χ4v) is 2.49. The van der Waals surface area contributed by atoms with E-state index in [-0.39, 0.29) is 24.0 Å². The number of carbonyl (C=O) groups excluding carboxylic acids is 1. The third kappa shape index (κ3) is 5.05. The summed E-state index contributed by atoms with van der Waals surface area (Å²) in [5.74, 6) is -3.82. The number of halogens is 2. The highest BCUT2D eigenvalue weighted by Gasteiger charge is 2.28. The summed E-state index contributed by atoms with van der Waals surface area (Å²) in [6.07, 6.45) is 5.68. The standard InChI is InChI=1S/C19H16F2N8O/c1-11(30)26-17-7-14(28-16-4-6-24-18(29-16)19(2,20)21)13(9-25-17)15-10-23-8-12(27-15)3-5-22/h4,6-10H,3H2,1-2H3,(H2,24,25,26,28,29,30). The summed E-state index contributed by atoms with van der Waals surface area (Å²) in [5.41, 5.74) is 1.73. The van der Waals surface area contributed by atoms with E-state index in [2.05, 4.69) is 35.6 Å². The lowest BCUT2D eigenvalue weighted by Crippen LogP contribution is -2.13. The van der Waals surface area contributed by atoms with Gasteiger partial charge in [0, 0.05) is 44.1 Å². The molecule has 3 rings (SSSR count). The van der Waals surface area contributed by atoms with Crippen LogP contribution >= 0.6 is 0 Å². The molecule has 0 aliphatic heterocycles. The summed E-state index contributed by atoms with van der Waals surface area (Å²) in [6.45, 7) is 2.04. The number of alkyl halides is 2. The number of carbonyl (C=O) groups is 1. The summed E-state index contributed by atoms with van der Waals surface area (Å²) in [4.78, 5) is 31.5. The molecule has 0 aromatic carbocycles. The normalized spacial score (nSPS) is 10.9. The lowest BCUT2D eigenvalue weighted by molar-refractivity contribution is -0.114. The molecule has 0 aliphatic carbocycles. The zero-order chi connectivity index (χ0) is 21.7. The summed E-state index contributed by atoms with van der Waals surface area (Å²) in [5, 5.41) is 14.4. The van der Waals surface area contributed by atoms with Crippen LogP contribution in [0.25, 0.3) is 11.3 Å². The zero-order valence-corrected chi connectivity index (χ0v) is 16.0. The Balaban J connectivity index is 2.06.